The second kappa shape index (κ2) is 7.95. The molecule has 0 fully saturated rings. The molecule has 0 atom stereocenters. The molecule has 0 aliphatic rings. The number of para-hydroxylation sites is 1. The van der Waals surface area contributed by atoms with Gasteiger partial charge in [0.1, 0.15) is 5.82 Å². The molecular formula is C21H20FN3O2. The summed E-state index contributed by atoms with van der Waals surface area (Å²) < 4.78 is 15.0. The Hall–Kier alpha value is -3.28. The van der Waals surface area contributed by atoms with Crippen molar-refractivity contribution < 1.29 is 9.18 Å². The summed E-state index contributed by atoms with van der Waals surface area (Å²) >= 11 is 0. The van der Waals surface area contributed by atoms with E-state index in [4.69, 9.17) is 0 Å². The lowest BCUT2D eigenvalue weighted by molar-refractivity contribution is 0.0743. The van der Waals surface area contributed by atoms with Crippen LogP contribution in [-0.4, -0.2) is 27.1 Å². The number of hydrogen-bond donors (Lipinski definition) is 0. The number of carbonyl (C=O) groups excluding carboxylic acids is 1. The van der Waals surface area contributed by atoms with Crippen molar-refractivity contribution >= 4 is 5.91 Å². The highest BCUT2D eigenvalue weighted by molar-refractivity contribution is 5.92. The van der Waals surface area contributed by atoms with E-state index in [2.05, 4.69) is 5.10 Å². The number of hydrogen-bond acceptors (Lipinski definition) is 3. The van der Waals surface area contributed by atoms with Gasteiger partial charge in [-0.2, -0.15) is 5.10 Å². The molecule has 0 N–H and O–H groups in total. The van der Waals surface area contributed by atoms with Gasteiger partial charge in [0, 0.05) is 24.8 Å². The van der Waals surface area contributed by atoms with Gasteiger partial charge in [-0.15, -0.1) is 0 Å². The van der Waals surface area contributed by atoms with Crippen molar-refractivity contribution in [3.05, 3.63) is 93.7 Å². The third-order valence-corrected chi connectivity index (χ3v) is 4.24. The van der Waals surface area contributed by atoms with E-state index in [1.165, 1.54) is 23.1 Å². The van der Waals surface area contributed by atoms with E-state index in [1.807, 2.05) is 30.3 Å². The Labute approximate surface area is 156 Å². The Morgan fingerprint density at radius 3 is 2.52 bits per heavy atom. The molecule has 1 aromatic heterocycles. The predicted octanol–water partition coefficient (Wildman–Crippen LogP) is 3.34. The van der Waals surface area contributed by atoms with Crippen LogP contribution in [0.2, 0.25) is 0 Å². The Balaban J connectivity index is 1.96. The van der Waals surface area contributed by atoms with Gasteiger partial charge < -0.3 is 4.90 Å². The zero-order valence-electron chi connectivity index (χ0n) is 15.2. The summed E-state index contributed by atoms with van der Waals surface area (Å²) in [6, 6.07) is 16.8. The molecule has 0 saturated heterocycles. The van der Waals surface area contributed by atoms with E-state index in [-0.39, 0.29) is 18.1 Å². The molecule has 138 valence electrons. The summed E-state index contributed by atoms with van der Waals surface area (Å²) in [6.07, 6.45) is 0. The van der Waals surface area contributed by atoms with E-state index < -0.39 is 11.3 Å². The number of aromatic nitrogens is 2. The summed E-state index contributed by atoms with van der Waals surface area (Å²) in [5.41, 5.74) is 1.47. The lowest BCUT2D eigenvalue weighted by Crippen LogP contribution is -2.35. The zero-order chi connectivity index (χ0) is 19.4. The van der Waals surface area contributed by atoms with E-state index in [0.717, 1.165) is 5.69 Å². The molecule has 3 rings (SSSR count). The lowest BCUT2D eigenvalue weighted by atomic mass is 10.2. The first-order valence-corrected chi connectivity index (χ1v) is 8.69. The van der Waals surface area contributed by atoms with Crippen LogP contribution in [0, 0.1) is 12.7 Å². The number of amides is 1. The first kappa shape index (κ1) is 18.5. The van der Waals surface area contributed by atoms with Crippen LogP contribution in [0.25, 0.3) is 5.69 Å². The standard InChI is InChI=1S/C21H20FN3O2/c1-3-24(14-16-8-7-9-17(22)13-16)21(27)20-19(26)12-15(2)25(23-20)18-10-5-4-6-11-18/h4-13H,3,14H2,1-2H3. The maximum atomic E-state index is 13.4. The van der Waals surface area contributed by atoms with Crippen LogP contribution in [-0.2, 0) is 6.54 Å². The van der Waals surface area contributed by atoms with Gasteiger partial charge in [-0.25, -0.2) is 9.07 Å². The molecule has 0 aliphatic heterocycles. The maximum Gasteiger partial charge on any atom is 0.278 e. The van der Waals surface area contributed by atoms with Gasteiger partial charge in [0.05, 0.1) is 5.69 Å². The summed E-state index contributed by atoms with van der Waals surface area (Å²) in [5, 5.41) is 4.31. The topological polar surface area (TPSA) is 55.2 Å². The normalized spacial score (nSPS) is 10.6. The molecule has 1 amide bonds. The van der Waals surface area contributed by atoms with E-state index in [0.29, 0.717) is 17.8 Å². The number of nitrogens with zero attached hydrogens (tertiary/aromatic N) is 3. The fourth-order valence-electron chi connectivity index (χ4n) is 2.86. The van der Waals surface area contributed by atoms with Crippen molar-refractivity contribution in [2.45, 2.75) is 20.4 Å². The van der Waals surface area contributed by atoms with Crippen LogP contribution in [0.5, 0.6) is 0 Å². The van der Waals surface area contributed by atoms with Crippen molar-refractivity contribution in [1.82, 2.24) is 14.7 Å². The van der Waals surface area contributed by atoms with Gasteiger partial charge in [-0.05, 0) is 43.7 Å². The molecule has 0 unspecified atom stereocenters. The molecule has 2 aromatic carbocycles. The Bertz CT molecular complexity index is 1020. The SMILES string of the molecule is CCN(Cc1cccc(F)c1)C(=O)c1nn(-c2ccccc2)c(C)cc1=O. The number of rotatable bonds is 5. The van der Waals surface area contributed by atoms with Crippen LogP contribution in [0.3, 0.4) is 0 Å². The highest BCUT2D eigenvalue weighted by Gasteiger charge is 2.21. The summed E-state index contributed by atoms with van der Waals surface area (Å²) in [5.74, 6) is -0.840. The van der Waals surface area contributed by atoms with Crippen LogP contribution in [0.1, 0.15) is 28.7 Å². The van der Waals surface area contributed by atoms with Crippen molar-refractivity contribution in [2.75, 3.05) is 6.54 Å². The highest BCUT2D eigenvalue weighted by Crippen LogP contribution is 2.11. The van der Waals surface area contributed by atoms with Crippen molar-refractivity contribution in [3.63, 3.8) is 0 Å². The molecule has 0 radical (unpaired) electrons. The molecule has 1 heterocycles. The van der Waals surface area contributed by atoms with Gasteiger partial charge in [0.15, 0.2) is 5.69 Å². The Morgan fingerprint density at radius 1 is 1.11 bits per heavy atom. The van der Waals surface area contributed by atoms with Crippen LogP contribution < -0.4 is 5.43 Å². The van der Waals surface area contributed by atoms with Crippen LogP contribution in [0.4, 0.5) is 4.39 Å². The minimum Gasteiger partial charge on any atom is -0.333 e. The van der Waals surface area contributed by atoms with Gasteiger partial charge >= 0.3 is 0 Å². The third kappa shape index (κ3) is 4.11. The maximum absolute atomic E-state index is 13.4. The number of carbonyl (C=O) groups is 1. The molecule has 0 bridgehead atoms. The fourth-order valence-corrected chi connectivity index (χ4v) is 2.86. The zero-order valence-corrected chi connectivity index (χ0v) is 15.2. The fraction of sp³-hybridized carbons (Fsp3) is 0.190. The second-order valence-corrected chi connectivity index (χ2v) is 6.20. The van der Waals surface area contributed by atoms with Crippen LogP contribution >= 0.6 is 0 Å². The first-order chi connectivity index (χ1) is 13.0. The molecular weight excluding hydrogens is 345 g/mol. The van der Waals surface area contributed by atoms with Gasteiger partial charge in [-0.3, -0.25) is 9.59 Å². The summed E-state index contributed by atoms with van der Waals surface area (Å²) in [4.78, 5) is 26.8. The molecule has 0 spiro atoms. The smallest absolute Gasteiger partial charge is 0.278 e. The van der Waals surface area contributed by atoms with E-state index in [9.17, 15) is 14.0 Å². The predicted molar refractivity (Wildman–Crippen MR) is 101 cm³/mol. The van der Waals surface area contributed by atoms with Crippen molar-refractivity contribution in [1.29, 1.82) is 0 Å². The number of halogens is 1. The monoisotopic (exact) mass is 365 g/mol. The average Bonchev–Trinajstić information content (AvgIpc) is 2.66. The Morgan fingerprint density at radius 2 is 1.85 bits per heavy atom. The van der Waals surface area contributed by atoms with Crippen LogP contribution in [0.15, 0.2) is 65.5 Å². The lowest BCUT2D eigenvalue weighted by Gasteiger charge is -2.21. The van der Waals surface area contributed by atoms with Gasteiger partial charge in [0.2, 0.25) is 5.43 Å². The molecule has 0 saturated carbocycles. The van der Waals surface area contributed by atoms with Gasteiger partial charge in [-0.1, -0.05) is 30.3 Å². The minimum absolute atomic E-state index is 0.150. The minimum atomic E-state index is -0.476. The molecule has 5 nitrogen and oxygen atoms in total. The molecule has 27 heavy (non-hydrogen) atoms. The third-order valence-electron chi connectivity index (χ3n) is 4.24. The summed E-state index contributed by atoms with van der Waals surface area (Å²) in [7, 11) is 0. The summed E-state index contributed by atoms with van der Waals surface area (Å²) in [6.45, 7) is 4.14. The average molecular weight is 365 g/mol. The van der Waals surface area contributed by atoms with Crippen molar-refractivity contribution in [2.24, 2.45) is 0 Å². The quantitative estimate of drug-likeness (QED) is 0.697. The number of aryl methyl sites for hydroxylation is 1. The number of benzene rings is 2. The molecule has 0 aliphatic carbocycles. The van der Waals surface area contributed by atoms with Crippen molar-refractivity contribution in [3.8, 4) is 5.69 Å². The largest absolute Gasteiger partial charge is 0.333 e. The Kier molecular flexibility index (Phi) is 5.45. The molecule has 6 heteroatoms. The van der Waals surface area contributed by atoms with Gasteiger partial charge in [0.25, 0.3) is 5.91 Å². The van der Waals surface area contributed by atoms with E-state index in [1.54, 1.807) is 30.7 Å². The highest BCUT2D eigenvalue weighted by atomic mass is 19.1. The second-order valence-electron chi connectivity index (χ2n) is 6.20. The molecule has 3 aromatic rings. The van der Waals surface area contributed by atoms with E-state index >= 15 is 0 Å². The first-order valence-electron chi connectivity index (χ1n) is 8.69.